The first-order chi connectivity index (χ1) is 11.7. The predicted octanol–water partition coefficient (Wildman–Crippen LogP) is 5.94. The Hall–Kier alpha value is -1.97. The molecule has 0 aliphatic carbocycles. The van der Waals surface area contributed by atoms with Gasteiger partial charge in [-0.2, -0.15) is 0 Å². The van der Waals surface area contributed by atoms with Crippen LogP contribution in [0.2, 0.25) is 0 Å². The fraction of sp³-hybridized carbons (Fsp3) is 0.550. The molecule has 0 heterocycles. The minimum absolute atomic E-state index is 0.260. The molecule has 0 aliphatic heterocycles. The lowest BCUT2D eigenvalue weighted by Crippen LogP contribution is -1.97. The molecule has 4 heteroatoms. The van der Waals surface area contributed by atoms with Crippen LogP contribution < -0.4 is 0 Å². The molecule has 0 unspecified atom stereocenters. The molecule has 0 saturated carbocycles. The van der Waals surface area contributed by atoms with Crippen molar-refractivity contribution in [1.82, 2.24) is 0 Å². The molecular weight excluding hydrogens is 302 g/mol. The van der Waals surface area contributed by atoms with Gasteiger partial charge in [0, 0.05) is 6.42 Å². The van der Waals surface area contributed by atoms with Gasteiger partial charge in [0.25, 0.3) is 0 Å². The van der Waals surface area contributed by atoms with E-state index in [-0.39, 0.29) is 10.6 Å². The summed E-state index contributed by atoms with van der Waals surface area (Å²) < 4.78 is 0. The molecule has 0 saturated heterocycles. The van der Waals surface area contributed by atoms with E-state index in [1.807, 2.05) is 24.3 Å². The van der Waals surface area contributed by atoms with E-state index in [0.717, 1.165) is 38.4 Å². The number of hydrogen-bond acceptors (Lipinski definition) is 3. The SMILES string of the molecule is CCCCC/C=C\C/C(=C\C/C=C\C/C=C\CCCC=O)[N+](=O)[O-]. The number of unbranched alkanes of at least 4 members (excludes halogenated alkanes) is 5. The smallest absolute Gasteiger partial charge is 0.246 e. The van der Waals surface area contributed by atoms with Crippen LogP contribution in [0, 0.1) is 10.1 Å². The van der Waals surface area contributed by atoms with Crippen LogP contribution in [0.15, 0.2) is 48.2 Å². The van der Waals surface area contributed by atoms with Crippen LogP contribution in [-0.4, -0.2) is 11.2 Å². The normalized spacial score (nSPS) is 12.6. The monoisotopic (exact) mass is 333 g/mol. The van der Waals surface area contributed by atoms with Crippen LogP contribution in [0.1, 0.15) is 71.1 Å². The van der Waals surface area contributed by atoms with Crippen molar-refractivity contribution in [1.29, 1.82) is 0 Å². The van der Waals surface area contributed by atoms with Gasteiger partial charge in [0.05, 0.1) is 11.3 Å². The van der Waals surface area contributed by atoms with Gasteiger partial charge in [-0.25, -0.2) is 0 Å². The van der Waals surface area contributed by atoms with Crippen LogP contribution >= 0.6 is 0 Å². The van der Waals surface area contributed by atoms with E-state index in [9.17, 15) is 14.9 Å². The second kappa shape index (κ2) is 17.4. The van der Waals surface area contributed by atoms with E-state index >= 15 is 0 Å². The Labute approximate surface area is 146 Å². The van der Waals surface area contributed by atoms with Crippen molar-refractivity contribution >= 4 is 6.29 Å². The van der Waals surface area contributed by atoms with Crippen LogP contribution in [0.4, 0.5) is 0 Å². The average Bonchev–Trinajstić information content (AvgIpc) is 2.57. The molecule has 0 bridgehead atoms. The second-order valence-electron chi connectivity index (χ2n) is 5.64. The number of nitro groups is 1. The maximum atomic E-state index is 11.0. The summed E-state index contributed by atoms with van der Waals surface area (Å²) >= 11 is 0. The van der Waals surface area contributed by atoms with E-state index in [1.165, 1.54) is 12.8 Å². The standard InChI is InChI=1S/C20H31NO3/c1-2-3-4-5-11-14-17-20(21(23)24)18-15-12-9-7-6-8-10-13-16-19-22/h6,8-9,11-12,14,18-19H,2-5,7,10,13,15-17H2,1H3/b8-6-,12-9-,14-11-,20-18+. The summed E-state index contributed by atoms with van der Waals surface area (Å²) in [6.45, 7) is 2.16. The van der Waals surface area contributed by atoms with Gasteiger partial charge >= 0.3 is 0 Å². The first kappa shape index (κ1) is 22.0. The second-order valence-corrected chi connectivity index (χ2v) is 5.64. The molecule has 0 aromatic heterocycles. The highest BCUT2D eigenvalue weighted by molar-refractivity contribution is 5.49. The third-order valence-electron chi connectivity index (χ3n) is 3.49. The van der Waals surface area contributed by atoms with E-state index < -0.39 is 0 Å². The molecule has 134 valence electrons. The van der Waals surface area contributed by atoms with E-state index in [0.29, 0.717) is 19.3 Å². The maximum Gasteiger partial charge on any atom is 0.246 e. The summed E-state index contributed by atoms with van der Waals surface area (Å²) in [7, 11) is 0. The summed E-state index contributed by atoms with van der Waals surface area (Å²) in [5.41, 5.74) is 0.260. The molecule has 0 N–H and O–H groups in total. The fourth-order valence-electron chi connectivity index (χ4n) is 2.07. The lowest BCUT2D eigenvalue weighted by molar-refractivity contribution is -0.427. The van der Waals surface area contributed by atoms with Crippen LogP contribution in [0.5, 0.6) is 0 Å². The number of carbonyl (C=O) groups excluding carboxylic acids is 1. The molecule has 24 heavy (non-hydrogen) atoms. The number of allylic oxidation sites excluding steroid dienone is 7. The summed E-state index contributed by atoms with van der Waals surface area (Å²) in [6, 6.07) is 0. The zero-order chi connectivity index (χ0) is 17.9. The van der Waals surface area contributed by atoms with Gasteiger partial charge in [0.15, 0.2) is 0 Å². The largest absolute Gasteiger partial charge is 0.303 e. The topological polar surface area (TPSA) is 60.2 Å². The van der Waals surface area contributed by atoms with Crippen LogP contribution in [0.25, 0.3) is 0 Å². The highest BCUT2D eigenvalue weighted by atomic mass is 16.6. The highest BCUT2D eigenvalue weighted by Gasteiger charge is 2.06. The van der Waals surface area contributed by atoms with Crippen LogP contribution in [0.3, 0.4) is 0 Å². The molecule has 0 spiro atoms. The van der Waals surface area contributed by atoms with Crippen molar-refractivity contribution in [3.63, 3.8) is 0 Å². The van der Waals surface area contributed by atoms with E-state index in [1.54, 1.807) is 6.08 Å². The van der Waals surface area contributed by atoms with Gasteiger partial charge in [-0.15, -0.1) is 0 Å². The molecule has 0 aromatic rings. The Balaban J connectivity index is 4.00. The molecule has 0 rings (SSSR count). The fourth-order valence-corrected chi connectivity index (χ4v) is 2.07. The number of aldehydes is 1. The third kappa shape index (κ3) is 14.9. The van der Waals surface area contributed by atoms with Gasteiger partial charge < -0.3 is 4.79 Å². The molecule has 0 radical (unpaired) electrons. The quantitative estimate of drug-likeness (QED) is 0.123. The molecule has 0 fully saturated rings. The Morgan fingerprint density at radius 3 is 2.25 bits per heavy atom. The molecule has 0 atom stereocenters. The lowest BCUT2D eigenvalue weighted by atomic mass is 10.1. The molecule has 0 aliphatic rings. The average molecular weight is 333 g/mol. The minimum Gasteiger partial charge on any atom is -0.303 e. The van der Waals surface area contributed by atoms with Crippen molar-refractivity contribution in [2.75, 3.05) is 0 Å². The summed E-state index contributed by atoms with van der Waals surface area (Å²) in [5, 5.41) is 11.0. The number of carbonyl (C=O) groups is 1. The Bertz CT molecular complexity index is 448. The van der Waals surface area contributed by atoms with Gasteiger partial charge in [0.1, 0.15) is 6.29 Å². The number of hydrogen-bond donors (Lipinski definition) is 0. The van der Waals surface area contributed by atoms with Gasteiger partial charge in [-0.05, 0) is 44.6 Å². The first-order valence-electron chi connectivity index (χ1n) is 8.94. The lowest BCUT2D eigenvalue weighted by Gasteiger charge is -1.94. The summed E-state index contributed by atoms with van der Waals surface area (Å²) in [5.74, 6) is 0. The zero-order valence-electron chi connectivity index (χ0n) is 14.9. The third-order valence-corrected chi connectivity index (χ3v) is 3.49. The predicted molar refractivity (Wildman–Crippen MR) is 100 cm³/mol. The van der Waals surface area contributed by atoms with Crippen molar-refractivity contribution in [3.05, 3.63) is 58.3 Å². The Morgan fingerprint density at radius 1 is 0.875 bits per heavy atom. The van der Waals surface area contributed by atoms with Crippen molar-refractivity contribution in [2.24, 2.45) is 0 Å². The summed E-state index contributed by atoms with van der Waals surface area (Å²) in [4.78, 5) is 20.9. The molecule has 0 aromatic carbocycles. The van der Waals surface area contributed by atoms with E-state index in [4.69, 9.17) is 0 Å². The maximum absolute atomic E-state index is 11.0. The molecule has 0 amide bonds. The van der Waals surface area contributed by atoms with Gasteiger partial charge in [0.2, 0.25) is 5.70 Å². The van der Waals surface area contributed by atoms with Crippen molar-refractivity contribution in [3.8, 4) is 0 Å². The van der Waals surface area contributed by atoms with Crippen molar-refractivity contribution in [2.45, 2.75) is 71.1 Å². The van der Waals surface area contributed by atoms with Gasteiger partial charge in [-0.1, -0.05) is 56.2 Å². The van der Waals surface area contributed by atoms with Crippen LogP contribution in [-0.2, 0) is 4.79 Å². The number of nitrogens with zero attached hydrogens (tertiary/aromatic N) is 1. The molecule has 4 nitrogen and oxygen atoms in total. The summed E-state index contributed by atoms with van der Waals surface area (Å²) in [6.07, 6.45) is 23.4. The Morgan fingerprint density at radius 2 is 1.54 bits per heavy atom. The highest BCUT2D eigenvalue weighted by Crippen LogP contribution is 2.08. The van der Waals surface area contributed by atoms with Gasteiger partial charge in [-0.3, -0.25) is 10.1 Å². The first-order valence-corrected chi connectivity index (χ1v) is 8.94. The molecular formula is C20H31NO3. The Kier molecular flexibility index (Phi) is 16.0. The minimum atomic E-state index is -0.294. The zero-order valence-corrected chi connectivity index (χ0v) is 14.9. The van der Waals surface area contributed by atoms with E-state index in [2.05, 4.69) is 19.1 Å². The van der Waals surface area contributed by atoms with Crippen molar-refractivity contribution < 1.29 is 9.72 Å². The number of rotatable bonds is 15.